The van der Waals surface area contributed by atoms with Crippen molar-refractivity contribution in [1.82, 2.24) is 10.0 Å². The van der Waals surface area contributed by atoms with E-state index < -0.39 is 10.6 Å². The Morgan fingerprint density at radius 2 is 2.07 bits per heavy atom. The molecular formula is C19H21N5O3. The fraction of sp³-hybridized carbons (Fsp3) is 0.421. The van der Waals surface area contributed by atoms with Crippen LogP contribution in [0.3, 0.4) is 0 Å². The molecule has 8 nitrogen and oxygen atoms in total. The van der Waals surface area contributed by atoms with Gasteiger partial charge in [-0.15, -0.1) is 0 Å². The highest BCUT2D eigenvalue weighted by Crippen LogP contribution is 2.42. The van der Waals surface area contributed by atoms with Gasteiger partial charge in [-0.3, -0.25) is 30.3 Å². The maximum atomic E-state index is 11.5. The summed E-state index contributed by atoms with van der Waals surface area (Å²) >= 11 is 0. The highest BCUT2D eigenvalue weighted by atomic mass is 16.6. The number of rotatable bonds is 4. The van der Waals surface area contributed by atoms with Crippen LogP contribution < -0.4 is 0 Å². The Bertz CT molecular complexity index is 867. The number of hydrogen-bond acceptors (Lipinski definition) is 7. The summed E-state index contributed by atoms with van der Waals surface area (Å²) in [6, 6.07) is 5.64. The van der Waals surface area contributed by atoms with E-state index in [4.69, 9.17) is 4.99 Å². The predicted molar refractivity (Wildman–Crippen MR) is 100 cm³/mol. The number of nitrogens with zero attached hydrogens (tertiary/aromatic N) is 5. The van der Waals surface area contributed by atoms with Gasteiger partial charge in [0.1, 0.15) is 5.71 Å². The van der Waals surface area contributed by atoms with E-state index in [0.717, 1.165) is 37.8 Å². The maximum absolute atomic E-state index is 11.5. The molecule has 1 N–H and O–H groups in total. The average molecular weight is 367 g/mol. The normalized spacial score (nSPS) is 22.3. The van der Waals surface area contributed by atoms with Crippen molar-refractivity contribution in [2.24, 2.45) is 9.98 Å². The quantitative estimate of drug-likeness (QED) is 0.500. The Morgan fingerprint density at radius 1 is 1.26 bits per heavy atom. The van der Waals surface area contributed by atoms with E-state index in [-0.39, 0.29) is 11.4 Å². The van der Waals surface area contributed by atoms with Crippen LogP contribution >= 0.6 is 0 Å². The van der Waals surface area contributed by atoms with Gasteiger partial charge in [-0.2, -0.15) is 0 Å². The summed E-state index contributed by atoms with van der Waals surface area (Å²) in [4.78, 5) is 24.6. The molecule has 0 amide bonds. The molecule has 0 aromatic carbocycles. The summed E-state index contributed by atoms with van der Waals surface area (Å²) in [6.45, 7) is 0.363. The van der Waals surface area contributed by atoms with Crippen molar-refractivity contribution in [3.05, 3.63) is 63.8 Å². The number of fused-ring (bicyclic) bond motifs is 1. The highest BCUT2D eigenvalue weighted by molar-refractivity contribution is 6.54. The molecule has 0 bridgehead atoms. The lowest BCUT2D eigenvalue weighted by Crippen LogP contribution is -2.42. The topological polar surface area (TPSA) is 104 Å². The molecular weight excluding hydrogens is 346 g/mol. The monoisotopic (exact) mass is 367 g/mol. The van der Waals surface area contributed by atoms with Crippen molar-refractivity contribution >= 4 is 11.4 Å². The zero-order valence-corrected chi connectivity index (χ0v) is 14.9. The number of pyridine rings is 1. The van der Waals surface area contributed by atoms with E-state index in [1.165, 1.54) is 11.1 Å². The number of hydroxylamine groups is 2. The molecule has 1 aliphatic heterocycles. The van der Waals surface area contributed by atoms with Gasteiger partial charge in [0.25, 0.3) is 5.70 Å². The third-order valence-electron chi connectivity index (χ3n) is 5.27. The van der Waals surface area contributed by atoms with Gasteiger partial charge < -0.3 is 0 Å². The molecule has 4 rings (SSSR count). The molecule has 1 saturated carbocycles. The molecule has 27 heavy (non-hydrogen) atoms. The number of hydrogen-bond donors (Lipinski definition) is 1. The molecule has 2 heterocycles. The minimum Gasteiger partial charge on any atom is -0.286 e. The standard InChI is InChI=1S/C19H21N5O3/c25-23-15-7-8-16(24(26)27)17(21-13-9-14-6-2-5-12-20-14)18(15)22-19(23)10-3-1-4-11-19/h2,5-8,12,25H,1,3-4,9-11,13H2. The van der Waals surface area contributed by atoms with Gasteiger partial charge in [0.05, 0.1) is 10.6 Å². The van der Waals surface area contributed by atoms with Crippen LogP contribution in [0.4, 0.5) is 0 Å². The SMILES string of the molecule is O=[N+]([O-])C1=CC=C2C(=NC3(CCCCC3)N2O)C1=NCCc1ccccn1. The summed E-state index contributed by atoms with van der Waals surface area (Å²) in [5.41, 5.74) is 1.26. The van der Waals surface area contributed by atoms with Crippen molar-refractivity contribution in [1.29, 1.82) is 0 Å². The van der Waals surface area contributed by atoms with E-state index in [0.29, 0.717) is 24.4 Å². The summed E-state index contributed by atoms with van der Waals surface area (Å²) in [6.07, 6.45) is 9.80. The summed E-state index contributed by atoms with van der Waals surface area (Å²) in [5.74, 6) is 0. The first kappa shape index (κ1) is 17.5. The van der Waals surface area contributed by atoms with Crippen LogP contribution in [0.2, 0.25) is 0 Å². The van der Waals surface area contributed by atoms with Crippen molar-refractivity contribution < 1.29 is 10.1 Å². The number of aromatic nitrogens is 1. The van der Waals surface area contributed by atoms with Crippen LogP contribution in [0.25, 0.3) is 0 Å². The van der Waals surface area contributed by atoms with Gasteiger partial charge in [-0.1, -0.05) is 12.5 Å². The Balaban J connectivity index is 1.66. The van der Waals surface area contributed by atoms with E-state index in [1.54, 1.807) is 12.3 Å². The third-order valence-corrected chi connectivity index (χ3v) is 5.27. The number of nitro groups is 1. The Labute approximate surface area is 156 Å². The van der Waals surface area contributed by atoms with E-state index in [9.17, 15) is 15.3 Å². The molecule has 0 saturated heterocycles. The van der Waals surface area contributed by atoms with Crippen LogP contribution in [0.1, 0.15) is 37.8 Å². The fourth-order valence-corrected chi connectivity index (χ4v) is 3.89. The van der Waals surface area contributed by atoms with E-state index in [2.05, 4.69) is 9.98 Å². The minimum absolute atomic E-state index is 0.0835. The Kier molecular flexibility index (Phi) is 4.57. The summed E-state index contributed by atoms with van der Waals surface area (Å²) in [5, 5.41) is 23.4. The third kappa shape index (κ3) is 3.16. The number of aliphatic imine (C=N–C) groups is 2. The zero-order valence-electron chi connectivity index (χ0n) is 14.9. The second-order valence-corrected chi connectivity index (χ2v) is 6.98. The van der Waals surface area contributed by atoms with Crippen molar-refractivity contribution in [2.75, 3.05) is 6.54 Å². The average Bonchev–Trinajstić information content (AvgIpc) is 2.95. The molecule has 1 fully saturated rings. The van der Waals surface area contributed by atoms with Crippen molar-refractivity contribution in [3.8, 4) is 0 Å². The minimum atomic E-state index is -0.707. The first-order chi connectivity index (χ1) is 13.1. The molecule has 0 unspecified atom stereocenters. The lowest BCUT2D eigenvalue weighted by molar-refractivity contribution is -0.414. The molecule has 0 atom stereocenters. The lowest BCUT2D eigenvalue weighted by atomic mass is 9.89. The first-order valence-electron chi connectivity index (χ1n) is 9.21. The molecule has 1 spiro atoms. The van der Waals surface area contributed by atoms with Crippen LogP contribution in [0, 0.1) is 10.1 Å². The van der Waals surface area contributed by atoms with Gasteiger partial charge >= 0.3 is 0 Å². The van der Waals surface area contributed by atoms with Crippen LogP contribution in [0.5, 0.6) is 0 Å². The van der Waals surface area contributed by atoms with E-state index in [1.807, 2.05) is 18.2 Å². The van der Waals surface area contributed by atoms with Gasteiger partial charge in [-0.05, 0) is 43.9 Å². The van der Waals surface area contributed by atoms with Gasteiger partial charge in [0.15, 0.2) is 11.4 Å². The molecule has 0 radical (unpaired) electrons. The van der Waals surface area contributed by atoms with Crippen molar-refractivity contribution in [3.63, 3.8) is 0 Å². The molecule has 8 heteroatoms. The smallest absolute Gasteiger partial charge is 0.286 e. The zero-order chi connectivity index (χ0) is 18.9. The van der Waals surface area contributed by atoms with Crippen LogP contribution in [0.15, 0.2) is 57.9 Å². The maximum Gasteiger partial charge on any atom is 0.296 e. The van der Waals surface area contributed by atoms with Crippen LogP contribution in [-0.2, 0) is 6.42 Å². The van der Waals surface area contributed by atoms with Gasteiger partial charge in [0.2, 0.25) is 0 Å². The van der Waals surface area contributed by atoms with Crippen LogP contribution in [-0.4, -0.2) is 43.8 Å². The largest absolute Gasteiger partial charge is 0.296 e. The summed E-state index contributed by atoms with van der Waals surface area (Å²) in [7, 11) is 0. The predicted octanol–water partition coefficient (Wildman–Crippen LogP) is 2.93. The molecule has 140 valence electrons. The second-order valence-electron chi connectivity index (χ2n) is 6.98. The molecule has 1 aromatic rings. The molecule has 1 aromatic heterocycles. The van der Waals surface area contributed by atoms with Crippen molar-refractivity contribution in [2.45, 2.75) is 44.2 Å². The Morgan fingerprint density at radius 3 is 2.78 bits per heavy atom. The second kappa shape index (κ2) is 7.03. The Hall–Kier alpha value is -2.87. The van der Waals surface area contributed by atoms with Gasteiger partial charge in [-0.25, -0.2) is 5.06 Å². The van der Waals surface area contributed by atoms with Gasteiger partial charge in [0, 0.05) is 30.9 Å². The van der Waals surface area contributed by atoms with E-state index >= 15 is 0 Å². The number of allylic oxidation sites excluding steroid dienone is 4. The fourth-order valence-electron chi connectivity index (χ4n) is 3.89. The first-order valence-corrected chi connectivity index (χ1v) is 9.21. The molecule has 3 aliphatic rings. The molecule has 2 aliphatic carbocycles. The summed E-state index contributed by atoms with van der Waals surface area (Å²) < 4.78 is 0. The highest BCUT2D eigenvalue weighted by Gasteiger charge is 2.48. The lowest BCUT2D eigenvalue weighted by Gasteiger charge is -2.36.